The highest BCUT2D eigenvalue weighted by Gasteiger charge is 2.18. The molecule has 0 spiro atoms. The predicted molar refractivity (Wildman–Crippen MR) is 105 cm³/mol. The van der Waals surface area contributed by atoms with Crippen molar-refractivity contribution in [3.8, 4) is 11.5 Å². The molecule has 142 valence electrons. The zero-order valence-electron chi connectivity index (χ0n) is 15.8. The molecule has 1 aromatic carbocycles. The monoisotopic (exact) mass is 375 g/mol. The topological polar surface area (TPSA) is 85.3 Å². The molecule has 4 rings (SSSR count). The molecule has 3 heterocycles. The Balaban J connectivity index is 1.51. The number of aromatic nitrogens is 4. The zero-order valence-corrected chi connectivity index (χ0v) is 15.8. The molecule has 0 aliphatic rings. The lowest BCUT2D eigenvalue weighted by molar-refractivity contribution is 0.0944. The van der Waals surface area contributed by atoms with E-state index in [0.717, 1.165) is 23.3 Å². The van der Waals surface area contributed by atoms with E-state index >= 15 is 0 Å². The Morgan fingerprint density at radius 1 is 1.11 bits per heavy atom. The van der Waals surface area contributed by atoms with Crippen LogP contribution in [0.15, 0.2) is 59.1 Å². The van der Waals surface area contributed by atoms with Crippen LogP contribution in [0.25, 0.3) is 17.0 Å². The number of carbonyl (C=O) groups excluding carboxylic acids is 1. The van der Waals surface area contributed by atoms with Crippen LogP contribution in [0.3, 0.4) is 0 Å². The van der Waals surface area contributed by atoms with Crippen LogP contribution in [0.4, 0.5) is 0 Å². The first-order valence-electron chi connectivity index (χ1n) is 9.24. The average Bonchev–Trinajstić information content (AvgIpc) is 3.32. The number of hydrogen-bond acceptors (Lipinski definition) is 5. The van der Waals surface area contributed by atoms with Crippen molar-refractivity contribution in [1.82, 2.24) is 24.9 Å². The molecule has 0 aliphatic carbocycles. The summed E-state index contributed by atoms with van der Waals surface area (Å²) >= 11 is 0. The highest BCUT2D eigenvalue weighted by atomic mass is 16.4. The second kappa shape index (κ2) is 7.64. The van der Waals surface area contributed by atoms with Crippen LogP contribution < -0.4 is 5.32 Å². The standard InChI is InChI=1S/C21H21N5O2/c1-14(2)12-17-23-19(16-10-6-7-11-26(16)17)20(27)22-13-18-24-25-21(28-18)15-8-4-3-5-9-15/h3-11,14H,12-13H2,1-2H3,(H,22,27). The molecule has 0 unspecified atom stereocenters. The largest absolute Gasteiger partial charge is 0.419 e. The third-order valence-corrected chi connectivity index (χ3v) is 4.32. The van der Waals surface area contributed by atoms with Crippen LogP contribution in [-0.2, 0) is 13.0 Å². The Hall–Kier alpha value is -3.48. The van der Waals surface area contributed by atoms with Crippen molar-refractivity contribution in [3.05, 3.63) is 72.1 Å². The average molecular weight is 375 g/mol. The summed E-state index contributed by atoms with van der Waals surface area (Å²) in [5.41, 5.74) is 2.02. The van der Waals surface area contributed by atoms with E-state index < -0.39 is 0 Å². The molecule has 4 aromatic rings. The molecular weight excluding hydrogens is 354 g/mol. The van der Waals surface area contributed by atoms with Gasteiger partial charge in [-0.3, -0.25) is 4.79 Å². The highest BCUT2D eigenvalue weighted by molar-refractivity contribution is 5.99. The SMILES string of the molecule is CC(C)Cc1nc(C(=O)NCc2nnc(-c3ccccc3)o2)c2ccccn12. The quantitative estimate of drug-likeness (QED) is 0.557. The van der Waals surface area contributed by atoms with E-state index in [1.54, 1.807) is 0 Å². The van der Waals surface area contributed by atoms with Gasteiger partial charge in [-0.25, -0.2) is 4.98 Å². The van der Waals surface area contributed by atoms with Crippen molar-refractivity contribution in [2.75, 3.05) is 0 Å². The van der Waals surface area contributed by atoms with Gasteiger partial charge in [0, 0.05) is 18.2 Å². The molecule has 0 bridgehead atoms. The molecule has 1 amide bonds. The van der Waals surface area contributed by atoms with E-state index in [-0.39, 0.29) is 12.5 Å². The van der Waals surface area contributed by atoms with Crippen LogP contribution >= 0.6 is 0 Å². The minimum atomic E-state index is -0.266. The Morgan fingerprint density at radius 2 is 1.89 bits per heavy atom. The van der Waals surface area contributed by atoms with Crippen molar-refractivity contribution < 1.29 is 9.21 Å². The Bertz CT molecular complexity index is 1100. The molecule has 0 saturated heterocycles. The summed E-state index contributed by atoms with van der Waals surface area (Å²) in [6.45, 7) is 4.40. The van der Waals surface area contributed by atoms with E-state index in [0.29, 0.717) is 23.4 Å². The number of rotatable bonds is 6. The minimum absolute atomic E-state index is 0.143. The van der Waals surface area contributed by atoms with Crippen molar-refractivity contribution in [2.24, 2.45) is 5.92 Å². The summed E-state index contributed by atoms with van der Waals surface area (Å²) in [4.78, 5) is 17.3. The van der Waals surface area contributed by atoms with Gasteiger partial charge in [-0.15, -0.1) is 10.2 Å². The number of nitrogens with one attached hydrogen (secondary N) is 1. The lowest BCUT2D eigenvalue weighted by atomic mass is 10.1. The number of carbonyl (C=O) groups is 1. The number of pyridine rings is 1. The summed E-state index contributed by atoms with van der Waals surface area (Å²) in [5.74, 6) is 1.82. The van der Waals surface area contributed by atoms with Gasteiger partial charge in [-0.05, 0) is 30.2 Å². The summed E-state index contributed by atoms with van der Waals surface area (Å²) < 4.78 is 7.61. The van der Waals surface area contributed by atoms with Crippen molar-refractivity contribution in [1.29, 1.82) is 0 Å². The molecule has 28 heavy (non-hydrogen) atoms. The van der Waals surface area contributed by atoms with Crippen LogP contribution in [-0.4, -0.2) is 25.5 Å². The van der Waals surface area contributed by atoms with Gasteiger partial charge < -0.3 is 14.1 Å². The van der Waals surface area contributed by atoms with Gasteiger partial charge in [0.2, 0.25) is 11.8 Å². The van der Waals surface area contributed by atoms with Crippen LogP contribution in [0.2, 0.25) is 0 Å². The number of benzene rings is 1. The highest BCUT2D eigenvalue weighted by Crippen LogP contribution is 2.18. The molecule has 0 fully saturated rings. The van der Waals surface area contributed by atoms with Crippen LogP contribution in [0.1, 0.15) is 36.1 Å². The van der Waals surface area contributed by atoms with Gasteiger partial charge in [-0.1, -0.05) is 38.1 Å². The van der Waals surface area contributed by atoms with Crippen molar-refractivity contribution in [2.45, 2.75) is 26.8 Å². The van der Waals surface area contributed by atoms with Gasteiger partial charge in [0.05, 0.1) is 12.1 Å². The fourth-order valence-electron chi connectivity index (χ4n) is 3.04. The van der Waals surface area contributed by atoms with Crippen LogP contribution in [0, 0.1) is 5.92 Å². The number of amides is 1. The molecule has 0 saturated carbocycles. The van der Waals surface area contributed by atoms with Gasteiger partial charge in [-0.2, -0.15) is 0 Å². The summed E-state index contributed by atoms with van der Waals surface area (Å²) in [5, 5.41) is 10.9. The van der Waals surface area contributed by atoms with E-state index in [1.807, 2.05) is 59.1 Å². The molecular formula is C21H21N5O2. The number of imidazole rings is 1. The fourth-order valence-corrected chi connectivity index (χ4v) is 3.04. The normalized spacial score (nSPS) is 11.2. The third kappa shape index (κ3) is 3.64. The predicted octanol–water partition coefficient (Wildman–Crippen LogP) is 3.51. The number of fused-ring (bicyclic) bond motifs is 1. The first kappa shape index (κ1) is 17.9. The minimum Gasteiger partial charge on any atom is -0.419 e. The Morgan fingerprint density at radius 3 is 2.68 bits per heavy atom. The maximum atomic E-state index is 12.7. The number of hydrogen-bond donors (Lipinski definition) is 1. The van der Waals surface area contributed by atoms with Crippen LogP contribution in [0.5, 0.6) is 0 Å². The molecule has 1 N–H and O–H groups in total. The molecule has 3 aromatic heterocycles. The van der Waals surface area contributed by atoms with Gasteiger partial charge in [0.25, 0.3) is 5.91 Å². The maximum absolute atomic E-state index is 12.7. The fraction of sp³-hybridized carbons (Fsp3) is 0.238. The molecule has 7 heteroatoms. The van der Waals surface area contributed by atoms with E-state index in [9.17, 15) is 4.79 Å². The molecule has 0 aliphatic heterocycles. The number of nitrogens with zero attached hydrogens (tertiary/aromatic N) is 4. The maximum Gasteiger partial charge on any atom is 0.272 e. The summed E-state index contributed by atoms with van der Waals surface area (Å²) in [6, 6.07) is 15.2. The lowest BCUT2D eigenvalue weighted by Gasteiger charge is -2.02. The lowest BCUT2D eigenvalue weighted by Crippen LogP contribution is -2.23. The van der Waals surface area contributed by atoms with Crippen molar-refractivity contribution >= 4 is 11.4 Å². The smallest absolute Gasteiger partial charge is 0.272 e. The second-order valence-corrected chi connectivity index (χ2v) is 6.98. The second-order valence-electron chi connectivity index (χ2n) is 6.98. The molecule has 0 atom stereocenters. The van der Waals surface area contributed by atoms with E-state index in [4.69, 9.17) is 4.42 Å². The summed E-state index contributed by atoms with van der Waals surface area (Å²) in [7, 11) is 0. The van der Waals surface area contributed by atoms with E-state index in [1.165, 1.54) is 0 Å². The van der Waals surface area contributed by atoms with Gasteiger partial charge in [0.1, 0.15) is 5.82 Å². The summed E-state index contributed by atoms with van der Waals surface area (Å²) in [6.07, 6.45) is 2.73. The molecule has 0 radical (unpaired) electrons. The van der Waals surface area contributed by atoms with Crippen molar-refractivity contribution in [3.63, 3.8) is 0 Å². The molecule has 7 nitrogen and oxygen atoms in total. The van der Waals surface area contributed by atoms with Gasteiger partial charge in [0.15, 0.2) is 5.69 Å². The first-order chi connectivity index (χ1) is 13.6. The van der Waals surface area contributed by atoms with E-state index in [2.05, 4.69) is 34.3 Å². The third-order valence-electron chi connectivity index (χ3n) is 4.32. The zero-order chi connectivity index (χ0) is 19.5. The Kier molecular flexibility index (Phi) is 4.89. The van der Waals surface area contributed by atoms with Gasteiger partial charge >= 0.3 is 0 Å². The Labute approximate surface area is 162 Å². The first-order valence-corrected chi connectivity index (χ1v) is 9.24.